The second-order valence-corrected chi connectivity index (χ2v) is 4.95. The molecule has 2 aromatic heterocycles. The molecule has 0 atom stereocenters. The molecule has 2 N–H and O–H groups in total. The van der Waals surface area contributed by atoms with Crippen LogP contribution in [-0.4, -0.2) is 21.7 Å². The van der Waals surface area contributed by atoms with E-state index < -0.39 is 0 Å². The van der Waals surface area contributed by atoms with Gasteiger partial charge >= 0.3 is 0 Å². The molecule has 0 fully saturated rings. The Morgan fingerprint density at radius 3 is 2.84 bits per heavy atom. The molecule has 0 amide bonds. The molecule has 0 spiro atoms. The smallest absolute Gasteiger partial charge is 0.184 e. The largest absolute Gasteiger partial charge is 0.496 e. The van der Waals surface area contributed by atoms with Crippen LogP contribution in [0, 0.1) is 0 Å². The number of aromatic nitrogens is 3. The lowest BCUT2D eigenvalue weighted by atomic mass is 10.2. The van der Waals surface area contributed by atoms with E-state index in [-0.39, 0.29) is 0 Å². The van der Waals surface area contributed by atoms with Crippen LogP contribution in [0.2, 0.25) is 0 Å². The van der Waals surface area contributed by atoms with Crippen molar-refractivity contribution in [3.63, 3.8) is 0 Å². The maximum absolute atomic E-state index is 5.93. The van der Waals surface area contributed by atoms with Crippen molar-refractivity contribution in [3.05, 3.63) is 41.0 Å². The predicted molar refractivity (Wildman–Crippen MR) is 77.1 cm³/mol. The number of ether oxygens (including phenoxy) is 1. The average molecular weight is 319 g/mol. The van der Waals surface area contributed by atoms with Gasteiger partial charge in [0, 0.05) is 10.7 Å². The topological polar surface area (TPSA) is 65.4 Å². The number of methoxy groups -OCH3 is 1. The van der Waals surface area contributed by atoms with Crippen molar-refractivity contribution < 1.29 is 4.74 Å². The Morgan fingerprint density at radius 2 is 2.05 bits per heavy atom. The molecule has 0 aliphatic rings. The van der Waals surface area contributed by atoms with Gasteiger partial charge in [-0.3, -0.25) is 4.40 Å². The van der Waals surface area contributed by atoms with Gasteiger partial charge in [-0.05, 0) is 34.1 Å². The number of anilines is 1. The first-order valence-electron chi connectivity index (χ1n) is 5.64. The van der Waals surface area contributed by atoms with Gasteiger partial charge in [0.25, 0.3) is 0 Å². The highest BCUT2D eigenvalue weighted by Gasteiger charge is 2.14. The molecule has 0 unspecified atom stereocenters. The number of fused-ring (bicyclic) bond motifs is 1. The number of nitrogen functional groups attached to an aromatic ring is 1. The van der Waals surface area contributed by atoms with Crippen molar-refractivity contribution in [3.8, 4) is 17.1 Å². The zero-order valence-corrected chi connectivity index (χ0v) is 11.8. The van der Waals surface area contributed by atoms with E-state index in [0.717, 1.165) is 15.8 Å². The van der Waals surface area contributed by atoms with E-state index in [1.807, 2.05) is 34.9 Å². The first-order valence-corrected chi connectivity index (χ1v) is 6.43. The number of hydrogen-bond donors (Lipinski definition) is 1. The molecule has 0 saturated carbocycles. The molecule has 0 saturated heterocycles. The highest BCUT2D eigenvalue weighted by Crippen LogP contribution is 2.30. The molecule has 6 heteroatoms. The van der Waals surface area contributed by atoms with Crippen molar-refractivity contribution in [2.45, 2.75) is 0 Å². The van der Waals surface area contributed by atoms with Crippen LogP contribution in [0.25, 0.3) is 17.0 Å². The number of hydrogen-bond acceptors (Lipinski definition) is 4. The van der Waals surface area contributed by atoms with E-state index in [9.17, 15) is 0 Å². The van der Waals surface area contributed by atoms with E-state index in [1.165, 1.54) is 0 Å². The van der Waals surface area contributed by atoms with Crippen LogP contribution in [0.1, 0.15) is 0 Å². The normalized spacial score (nSPS) is 10.8. The maximum atomic E-state index is 5.93. The lowest BCUT2D eigenvalue weighted by Crippen LogP contribution is -1.96. The van der Waals surface area contributed by atoms with Gasteiger partial charge in [-0.2, -0.15) is 0 Å². The first kappa shape index (κ1) is 12.0. The van der Waals surface area contributed by atoms with E-state index >= 15 is 0 Å². The Labute approximate surface area is 118 Å². The third-order valence-electron chi connectivity index (χ3n) is 2.85. The minimum atomic E-state index is 0.572. The molecule has 3 aromatic rings. The third-order valence-corrected chi connectivity index (χ3v) is 3.28. The van der Waals surface area contributed by atoms with E-state index in [2.05, 4.69) is 26.1 Å². The van der Waals surface area contributed by atoms with Crippen LogP contribution in [0.4, 0.5) is 5.69 Å². The van der Waals surface area contributed by atoms with E-state index in [0.29, 0.717) is 17.2 Å². The summed E-state index contributed by atoms with van der Waals surface area (Å²) in [5, 5.41) is 8.33. The number of nitrogens with two attached hydrogens (primary N) is 1. The van der Waals surface area contributed by atoms with Gasteiger partial charge < -0.3 is 10.5 Å². The van der Waals surface area contributed by atoms with Crippen molar-refractivity contribution in [1.29, 1.82) is 0 Å². The third kappa shape index (κ3) is 1.94. The van der Waals surface area contributed by atoms with Crippen molar-refractivity contribution in [1.82, 2.24) is 14.6 Å². The van der Waals surface area contributed by atoms with E-state index in [1.54, 1.807) is 13.2 Å². The van der Waals surface area contributed by atoms with Gasteiger partial charge in [-0.1, -0.05) is 12.1 Å². The summed E-state index contributed by atoms with van der Waals surface area (Å²) in [7, 11) is 1.63. The minimum absolute atomic E-state index is 0.572. The van der Waals surface area contributed by atoms with Gasteiger partial charge in [-0.15, -0.1) is 10.2 Å². The Morgan fingerprint density at radius 1 is 1.26 bits per heavy atom. The van der Waals surface area contributed by atoms with Gasteiger partial charge in [0.1, 0.15) is 5.75 Å². The van der Waals surface area contributed by atoms with Crippen molar-refractivity contribution >= 4 is 27.3 Å². The predicted octanol–water partition coefficient (Wildman–Crippen LogP) is 2.75. The van der Waals surface area contributed by atoms with Crippen LogP contribution < -0.4 is 10.5 Å². The first-order chi connectivity index (χ1) is 9.20. The Hall–Kier alpha value is -2.08. The van der Waals surface area contributed by atoms with Gasteiger partial charge in [0.05, 0.1) is 18.4 Å². The zero-order chi connectivity index (χ0) is 13.4. The van der Waals surface area contributed by atoms with E-state index in [4.69, 9.17) is 10.5 Å². The number of benzene rings is 1. The molecular formula is C13H11BrN4O. The summed E-state index contributed by atoms with van der Waals surface area (Å²) in [6, 6.07) is 9.47. The standard InChI is InChI=1S/C13H11BrN4O/c1-19-11-5-3-2-4-9(11)12-16-17-13-10(15)6-8(14)7-18(12)13/h2-7H,15H2,1H3. The summed E-state index contributed by atoms with van der Waals surface area (Å²) in [5.41, 5.74) is 8.01. The van der Waals surface area contributed by atoms with Crippen LogP contribution in [0.3, 0.4) is 0 Å². The van der Waals surface area contributed by atoms with Crippen LogP contribution in [-0.2, 0) is 0 Å². The molecule has 1 aromatic carbocycles. The summed E-state index contributed by atoms with van der Waals surface area (Å²) in [6.45, 7) is 0. The zero-order valence-electron chi connectivity index (χ0n) is 10.2. The maximum Gasteiger partial charge on any atom is 0.184 e. The van der Waals surface area contributed by atoms with Gasteiger partial charge in [0.15, 0.2) is 11.5 Å². The quantitative estimate of drug-likeness (QED) is 0.789. The molecule has 96 valence electrons. The molecule has 19 heavy (non-hydrogen) atoms. The Bertz CT molecular complexity index is 753. The van der Waals surface area contributed by atoms with Crippen molar-refractivity contribution in [2.75, 3.05) is 12.8 Å². The van der Waals surface area contributed by atoms with Crippen LogP contribution in [0.15, 0.2) is 41.0 Å². The summed E-state index contributed by atoms with van der Waals surface area (Å²) in [6.07, 6.45) is 1.88. The summed E-state index contributed by atoms with van der Waals surface area (Å²) >= 11 is 3.42. The highest BCUT2D eigenvalue weighted by molar-refractivity contribution is 9.10. The number of rotatable bonds is 2. The monoisotopic (exact) mass is 318 g/mol. The second-order valence-electron chi connectivity index (χ2n) is 4.03. The molecule has 5 nitrogen and oxygen atoms in total. The summed E-state index contributed by atoms with van der Waals surface area (Å²) in [5.74, 6) is 1.44. The number of para-hydroxylation sites is 1. The fourth-order valence-corrected chi connectivity index (χ4v) is 2.45. The summed E-state index contributed by atoms with van der Waals surface area (Å²) in [4.78, 5) is 0. The SMILES string of the molecule is COc1ccccc1-c1nnc2c(N)cc(Br)cn12. The Kier molecular flexibility index (Phi) is 2.87. The molecular weight excluding hydrogens is 308 g/mol. The number of pyridine rings is 1. The lowest BCUT2D eigenvalue weighted by molar-refractivity contribution is 0.416. The molecule has 0 aliphatic heterocycles. The van der Waals surface area contributed by atoms with Gasteiger partial charge in [-0.25, -0.2) is 0 Å². The lowest BCUT2D eigenvalue weighted by Gasteiger charge is -2.07. The molecule has 2 heterocycles. The molecule has 0 aliphatic carbocycles. The molecule has 0 radical (unpaired) electrons. The number of halogens is 1. The second kappa shape index (κ2) is 4.55. The fraction of sp³-hybridized carbons (Fsp3) is 0.0769. The minimum Gasteiger partial charge on any atom is -0.496 e. The van der Waals surface area contributed by atoms with Crippen LogP contribution >= 0.6 is 15.9 Å². The Balaban J connectivity index is 2.31. The van der Waals surface area contributed by atoms with Crippen molar-refractivity contribution in [2.24, 2.45) is 0 Å². The highest BCUT2D eigenvalue weighted by atomic mass is 79.9. The molecule has 3 rings (SSSR count). The van der Waals surface area contributed by atoms with Crippen LogP contribution in [0.5, 0.6) is 5.75 Å². The number of nitrogens with zero attached hydrogens (tertiary/aromatic N) is 3. The van der Waals surface area contributed by atoms with Gasteiger partial charge in [0.2, 0.25) is 0 Å². The average Bonchev–Trinajstić information content (AvgIpc) is 2.82. The molecule has 0 bridgehead atoms. The summed E-state index contributed by atoms with van der Waals surface area (Å²) < 4.78 is 8.07. The fourth-order valence-electron chi connectivity index (χ4n) is 2.00.